The number of nitrogens with one attached hydrogen (secondary N) is 2. The second-order valence-electron chi connectivity index (χ2n) is 6.05. The summed E-state index contributed by atoms with van der Waals surface area (Å²) in [6, 6.07) is 14.9. The molecule has 0 atom stereocenters. The van der Waals surface area contributed by atoms with Crippen molar-refractivity contribution in [2.24, 2.45) is 0 Å². The molecule has 0 aliphatic rings. The maximum absolute atomic E-state index is 12.9. The summed E-state index contributed by atoms with van der Waals surface area (Å²) in [5.74, 6) is -0.00861. The Kier molecular flexibility index (Phi) is 6.03. The summed E-state index contributed by atoms with van der Waals surface area (Å²) in [6.45, 7) is 1.97. The fourth-order valence-corrected chi connectivity index (χ4v) is 3.23. The second-order valence-corrected chi connectivity index (χ2v) is 7.01. The van der Waals surface area contributed by atoms with Crippen LogP contribution in [0, 0.1) is 12.7 Å². The largest absolute Gasteiger partial charge is 0.326 e. The SMILES string of the molecule is Cc1ccc(NC(=O)Cc2cc(=O)[nH]c(SCc3ccc(F)cc3)n2)cc1. The van der Waals surface area contributed by atoms with Gasteiger partial charge in [0.2, 0.25) is 5.91 Å². The van der Waals surface area contributed by atoms with Crippen LogP contribution in [0.5, 0.6) is 0 Å². The van der Waals surface area contributed by atoms with Gasteiger partial charge >= 0.3 is 0 Å². The van der Waals surface area contributed by atoms with Crippen molar-refractivity contribution in [2.75, 3.05) is 5.32 Å². The van der Waals surface area contributed by atoms with Gasteiger partial charge in [-0.15, -0.1) is 0 Å². The maximum Gasteiger partial charge on any atom is 0.251 e. The van der Waals surface area contributed by atoms with E-state index in [4.69, 9.17) is 0 Å². The maximum atomic E-state index is 12.9. The number of thioether (sulfide) groups is 1. The fourth-order valence-electron chi connectivity index (χ4n) is 2.38. The monoisotopic (exact) mass is 383 g/mol. The number of carbonyl (C=O) groups is 1. The third-order valence-corrected chi connectivity index (χ3v) is 4.68. The summed E-state index contributed by atoms with van der Waals surface area (Å²) >= 11 is 1.32. The van der Waals surface area contributed by atoms with Crippen molar-refractivity contribution >= 4 is 23.4 Å². The minimum Gasteiger partial charge on any atom is -0.326 e. The summed E-state index contributed by atoms with van der Waals surface area (Å²) in [5, 5.41) is 3.21. The smallest absolute Gasteiger partial charge is 0.251 e. The van der Waals surface area contributed by atoms with E-state index in [1.807, 2.05) is 31.2 Å². The van der Waals surface area contributed by atoms with Gasteiger partial charge in [0.25, 0.3) is 5.56 Å². The van der Waals surface area contributed by atoms with Crippen LogP contribution >= 0.6 is 11.8 Å². The molecular weight excluding hydrogens is 365 g/mol. The summed E-state index contributed by atoms with van der Waals surface area (Å²) < 4.78 is 12.9. The van der Waals surface area contributed by atoms with E-state index in [1.54, 1.807) is 12.1 Å². The van der Waals surface area contributed by atoms with Gasteiger partial charge in [-0.2, -0.15) is 0 Å². The van der Waals surface area contributed by atoms with Gasteiger partial charge in [-0.25, -0.2) is 9.37 Å². The molecule has 7 heteroatoms. The Morgan fingerprint density at radius 1 is 1.15 bits per heavy atom. The number of aromatic amines is 1. The molecule has 0 aliphatic carbocycles. The number of amides is 1. The molecule has 27 heavy (non-hydrogen) atoms. The first-order valence-corrected chi connectivity index (χ1v) is 9.30. The van der Waals surface area contributed by atoms with Gasteiger partial charge in [-0.3, -0.25) is 9.59 Å². The van der Waals surface area contributed by atoms with Gasteiger partial charge in [0.15, 0.2) is 5.16 Å². The van der Waals surface area contributed by atoms with Crippen LogP contribution < -0.4 is 10.9 Å². The van der Waals surface area contributed by atoms with Crippen LogP contribution in [0.2, 0.25) is 0 Å². The quantitative estimate of drug-likeness (QED) is 0.503. The van der Waals surface area contributed by atoms with Crippen LogP contribution in [0.15, 0.2) is 64.5 Å². The number of anilines is 1. The molecule has 0 saturated heterocycles. The zero-order valence-corrected chi connectivity index (χ0v) is 15.5. The van der Waals surface area contributed by atoms with Crippen molar-refractivity contribution in [3.05, 3.63) is 87.6 Å². The van der Waals surface area contributed by atoms with Crippen LogP contribution in [0.25, 0.3) is 0 Å². The Morgan fingerprint density at radius 2 is 1.85 bits per heavy atom. The molecule has 3 aromatic rings. The molecule has 1 aromatic heterocycles. The highest BCUT2D eigenvalue weighted by atomic mass is 32.2. The average molecular weight is 383 g/mol. The first-order chi connectivity index (χ1) is 13.0. The lowest BCUT2D eigenvalue weighted by atomic mass is 10.2. The molecule has 1 amide bonds. The molecule has 5 nitrogen and oxygen atoms in total. The van der Waals surface area contributed by atoms with E-state index in [0.29, 0.717) is 22.3 Å². The molecule has 0 fully saturated rings. The van der Waals surface area contributed by atoms with Crippen LogP contribution in [0.3, 0.4) is 0 Å². The highest BCUT2D eigenvalue weighted by Gasteiger charge is 2.09. The third kappa shape index (κ3) is 5.79. The van der Waals surface area contributed by atoms with E-state index in [1.165, 1.54) is 30.0 Å². The van der Waals surface area contributed by atoms with Crippen molar-refractivity contribution in [1.29, 1.82) is 0 Å². The molecule has 0 spiro atoms. The van der Waals surface area contributed by atoms with Crippen molar-refractivity contribution in [3.63, 3.8) is 0 Å². The highest BCUT2D eigenvalue weighted by molar-refractivity contribution is 7.98. The molecule has 138 valence electrons. The van der Waals surface area contributed by atoms with Crippen molar-refractivity contribution in [3.8, 4) is 0 Å². The molecule has 2 aromatic carbocycles. The molecule has 3 rings (SSSR count). The van der Waals surface area contributed by atoms with Gasteiger partial charge in [0.05, 0.1) is 12.1 Å². The van der Waals surface area contributed by atoms with Gasteiger partial charge in [0.1, 0.15) is 5.82 Å². The highest BCUT2D eigenvalue weighted by Crippen LogP contribution is 2.19. The van der Waals surface area contributed by atoms with Crippen LogP contribution in [-0.2, 0) is 17.0 Å². The number of halogens is 1. The lowest BCUT2D eigenvalue weighted by molar-refractivity contribution is -0.115. The van der Waals surface area contributed by atoms with Crippen molar-refractivity contribution in [2.45, 2.75) is 24.3 Å². The van der Waals surface area contributed by atoms with E-state index in [-0.39, 0.29) is 23.7 Å². The first-order valence-electron chi connectivity index (χ1n) is 8.32. The van der Waals surface area contributed by atoms with E-state index in [0.717, 1.165) is 11.1 Å². The van der Waals surface area contributed by atoms with E-state index >= 15 is 0 Å². The van der Waals surface area contributed by atoms with Crippen LogP contribution in [-0.4, -0.2) is 15.9 Å². The standard InChI is InChI=1S/C20H18FN3O2S/c1-13-2-8-16(9-3-13)22-18(25)10-17-11-19(26)24-20(23-17)27-12-14-4-6-15(21)7-5-14/h2-9,11H,10,12H2,1H3,(H,22,25)(H,23,24,26). The Morgan fingerprint density at radius 3 is 2.56 bits per heavy atom. The van der Waals surface area contributed by atoms with E-state index < -0.39 is 0 Å². The molecular formula is C20H18FN3O2S. The van der Waals surface area contributed by atoms with Crippen molar-refractivity contribution < 1.29 is 9.18 Å². The number of benzene rings is 2. The Labute approximate surface area is 160 Å². The molecule has 0 radical (unpaired) electrons. The number of aryl methyl sites for hydroxylation is 1. The summed E-state index contributed by atoms with van der Waals surface area (Å²) in [7, 11) is 0. The molecule has 1 heterocycles. The third-order valence-electron chi connectivity index (χ3n) is 3.74. The number of nitrogens with zero attached hydrogens (tertiary/aromatic N) is 1. The van der Waals surface area contributed by atoms with Gasteiger partial charge < -0.3 is 10.3 Å². The lowest BCUT2D eigenvalue weighted by Gasteiger charge is -2.07. The molecule has 0 saturated carbocycles. The number of hydrogen-bond donors (Lipinski definition) is 2. The number of H-pyrrole nitrogens is 1. The first kappa shape index (κ1) is 18.8. The molecule has 0 bridgehead atoms. The minimum atomic E-state index is -0.315. The van der Waals surface area contributed by atoms with Crippen LogP contribution in [0.4, 0.5) is 10.1 Å². The van der Waals surface area contributed by atoms with Gasteiger partial charge in [-0.05, 0) is 36.8 Å². The summed E-state index contributed by atoms with van der Waals surface area (Å²) in [6.07, 6.45) is 0.00189. The second kappa shape index (κ2) is 8.64. The predicted octanol–water partition coefficient (Wildman–Crippen LogP) is 3.69. The lowest BCUT2D eigenvalue weighted by Crippen LogP contribution is -2.18. The molecule has 0 aliphatic heterocycles. The van der Waals surface area contributed by atoms with E-state index in [2.05, 4.69) is 15.3 Å². The number of carbonyl (C=O) groups excluding carboxylic acids is 1. The van der Waals surface area contributed by atoms with Gasteiger partial charge in [0, 0.05) is 17.5 Å². The number of rotatable bonds is 6. The zero-order valence-electron chi connectivity index (χ0n) is 14.7. The number of aromatic nitrogens is 2. The summed E-state index contributed by atoms with van der Waals surface area (Å²) in [5.41, 5.74) is 2.79. The summed E-state index contributed by atoms with van der Waals surface area (Å²) in [4.78, 5) is 31.0. The molecule has 2 N–H and O–H groups in total. The molecule has 0 unspecified atom stereocenters. The number of hydrogen-bond acceptors (Lipinski definition) is 4. The zero-order chi connectivity index (χ0) is 19.2. The fraction of sp³-hybridized carbons (Fsp3) is 0.150. The Hall–Kier alpha value is -2.93. The van der Waals surface area contributed by atoms with Crippen molar-refractivity contribution in [1.82, 2.24) is 9.97 Å². The minimum absolute atomic E-state index is 0.00189. The van der Waals surface area contributed by atoms with Crippen LogP contribution in [0.1, 0.15) is 16.8 Å². The Bertz CT molecular complexity index is 985. The van der Waals surface area contributed by atoms with E-state index in [9.17, 15) is 14.0 Å². The van der Waals surface area contributed by atoms with Gasteiger partial charge in [-0.1, -0.05) is 41.6 Å². The topological polar surface area (TPSA) is 74.8 Å². The normalized spacial score (nSPS) is 10.6. The average Bonchev–Trinajstić information content (AvgIpc) is 2.63. The Balaban J connectivity index is 1.63. The predicted molar refractivity (Wildman–Crippen MR) is 104 cm³/mol.